The number of hydrogen-bond donors (Lipinski definition) is 1. The van der Waals surface area contributed by atoms with Crippen LogP contribution in [0.5, 0.6) is 0 Å². The zero-order chi connectivity index (χ0) is 26.9. The van der Waals surface area contributed by atoms with E-state index in [2.05, 4.69) is 74.3 Å². The molecule has 7 nitrogen and oxygen atoms in total. The number of aryl methyl sites for hydroxylation is 2. The maximum absolute atomic E-state index is 13.0. The van der Waals surface area contributed by atoms with Crippen molar-refractivity contribution in [1.29, 1.82) is 0 Å². The largest absolute Gasteiger partial charge is 0.378 e. The van der Waals surface area contributed by atoms with Gasteiger partial charge in [-0.3, -0.25) is 4.57 Å². The molecular weight excluding hydrogens is 496 g/mol. The van der Waals surface area contributed by atoms with Crippen molar-refractivity contribution in [2.45, 2.75) is 71.1 Å². The van der Waals surface area contributed by atoms with Crippen LogP contribution < -0.4 is 5.69 Å². The van der Waals surface area contributed by atoms with Gasteiger partial charge in [-0.25, -0.2) is 14.5 Å². The average molecular weight is 533 g/mol. The molecule has 1 aliphatic heterocycles. The van der Waals surface area contributed by atoms with Gasteiger partial charge in [-0.2, -0.15) is 5.10 Å². The summed E-state index contributed by atoms with van der Waals surface area (Å²) in [5.74, 6) is 0.841. The summed E-state index contributed by atoms with van der Waals surface area (Å²) in [5.41, 5.74) is 4.63. The van der Waals surface area contributed by atoms with E-state index in [-0.39, 0.29) is 11.1 Å². The van der Waals surface area contributed by atoms with Crippen molar-refractivity contribution in [2.75, 3.05) is 13.2 Å². The molecule has 0 amide bonds. The van der Waals surface area contributed by atoms with Crippen molar-refractivity contribution in [3.05, 3.63) is 91.9 Å². The van der Waals surface area contributed by atoms with Crippen molar-refractivity contribution in [3.8, 4) is 11.3 Å². The molecule has 0 unspecified atom stereocenters. The van der Waals surface area contributed by atoms with Gasteiger partial charge >= 0.3 is 5.69 Å². The molecule has 2 aromatic heterocycles. The van der Waals surface area contributed by atoms with Crippen molar-refractivity contribution < 1.29 is 9.84 Å². The van der Waals surface area contributed by atoms with Gasteiger partial charge in [0.2, 0.25) is 0 Å². The molecule has 1 fully saturated rings. The smallest absolute Gasteiger partial charge is 0.346 e. The van der Waals surface area contributed by atoms with Crippen LogP contribution in [0.4, 0.5) is 0 Å². The number of ether oxygens (including phenoxy) is 1. The zero-order valence-corrected chi connectivity index (χ0v) is 23.4. The molecule has 0 radical (unpaired) electrons. The van der Waals surface area contributed by atoms with Crippen molar-refractivity contribution in [2.24, 2.45) is 0 Å². The van der Waals surface area contributed by atoms with Crippen LogP contribution in [-0.4, -0.2) is 37.7 Å². The molecule has 38 heavy (non-hydrogen) atoms. The average Bonchev–Trinajstić information content (AvgIpc) is 3.48. The molecule has 8 heteroatoms. The lowest BCUT2D eigenvalue weighted by Gasteiger charge is -2.34. The summed E-state index contributed by atoms with van der Waals surface area (Å²) in [6.45, 7) is 10.3. The third-order valence-corrected chi connectivity index (χ3v) is 8.20. The molecule has 0 bridgehead atoms. The Morgan fingerprint density at radius 3 is 2.32 bits per heavy atom. The van der Waals surface area contributed by atoms with Gasteiger partial charge in [0.25, 0.3) is 0 Å². The molecule has 1 aliphatic rings. The van der Waals surface area contributed by atoms with Crippen LogP contribution in [0.1, 0.15) is 61.6 Å². The molecule has 1 N–H and O–H groups in total. The van der Waals surface area contributed by atoms with Crippen LogP contribution in [0.3, 0.4) is 0 Å². The zero-order valence-electron chi connectivity index (χ0n) is 22.6. The third-order valence-electron chi connectivity index (χ3n) is 7.17. The summed E-state index contributed by atoms with van der Waals surface area (Å²) >= 11 is 1.47. The minimum atomic E-state index is -0.925. The Labute approximate surface area is 227 Å². The predicted octanol–water partition coefficient (Wildman–Crippen LogP) is 4.93. The van der Waals surface area contributed by atoms with Crippen LogP contribution in [0, 0.1) is 0 Å². The lowest BCUT2D eigenvalue weighted by atomic mass is 9.87. The van der Waals surface area contributed by atoms with E-state index in [1.807, 2.05) is 12.3 Å². The molecule has 0 spiro atoms. The van der Waals surface area contributed by atoms with E-state index >= 15 is 0 Å². The van der Waals surface area contributed by atoms with Crippen LogP contribution in [0.2, 0.25) is 0 Å². The summed E-state index contributed by atoms with van der Waals surface area (Å²) in [6, 6.07) is 16.9. The van der Waals surface area contributed by atoms with Gasteiger partial charge in [-0.05, 0) is 41.9 Å². The number of hydrogen-bond acceptors (Lipinski definition) is 6. The van der Waals surface area contributed by atoms with Gasteiger partial charge in [-0.1, -0.05) is 69.3 Å². The second-order valence-corrected chi connectivity index (χ2v) is 12.0. The number of aliphatic hydroxyl groups is 1. The molecule has 4 aromatic rings. The molecule has 0 atom stereocenters. The summed E-state index contributed by atoms with van der Waals surface area (Å²) in [5, 5.41) is 17.8. The first kappa shape index (κ1) is 26.5. The number of aromatic nitrogens is 4. The van der Waals surface area contributed by atoms with Gasteiger partial charge in [-0.15, -0.1) is 11.3 Å². The Balaban J connectivity index is 1.20. The molecule has 0 saturated carbocycles. The quantitative estimate of drug-likeness (QED) is 0.331. The number of rotatable bonds is 9. The van der Waals surface area contributed by atoms with E-state index in [0.717, 1.165) is 41.9 Å². The van der Waals surface area contributed by atoms with Gasteiger partial charge in [0.1, 0.15) is 10.8 Å². The second-order valence-electron chi connectivity index (χ2n) is 11.2. The maximum Gasteiger partial charge on any atom is 0.346 e. The van der Waals surface area contributed by atoms with E-state index in [9.17, 15) is 9.90 Å². The van der Waals surface area contributed by atoms with E-state index < -0.39 is 5.60 Å². The fourth-order valence-corrected chi connectivity index (χ4v) is 5.61. The number of nitrogens with zero attached hydrogens (tertiary/aromatic N) is 4. The predicted molar refractivity (Wildman–Crippen MR) is 151 cm³/mol. The summed E-state index contributed by atoms with van der Waals surface area (Å²) in [4.78, 5) is 17.6. The first-order chi connectivity index (χ1) is 18.2. The first-order valence-electron chi connectivity index (χ1n) is 13.3. The van der Waals surface area contributed by atoms with Crippen molar-refractivity contribution in [3.63, 3.8) is 0 Å². The van der Waals surface area contributed by atoms with Crippen LogP contribution in [-0.2, 0) is 41.7 Å². The highest BCUT2D eigenvalue weighted by Gasteiger charge is 2.40. The SMILES string of the molecule is CCn1c(CCCc2ccc(-c3csc(C4(O)COC4)n3)cc2)nn(Cc2ccc(C(C)(C)C)cc2)c1=O. The summed E-state index contributed by atoms with van der Waals surface area (Å²) < 4.78 is 8.52. The molecule has 0 aliphatic carbocycles. The van der Waals surface area contributed by atoms with Crippen LogP contribution in [0.25, 0.3) is 11.3 Å². The van der Waals surface area contributed by atoms with Gasteiger partial charge in [0.15, 0.2) is 5.60 Å². The Bertz CT molecular complexity index is 1440. The Kier molecular flexibility index (Phi) is 7.40. The topological polar surface area (TPSA) is 82.2 Å². The van der Waals surface area contributed by atoms with Crippen LogP contribution in [0.15, 0.2) is 58.7 Å². The molecule has 1 saturated heterocycles. The highest BCUT2D eigenvalue weighted by Crippen LogP contribution is 2.34. The normalized spacial score (nSPS) is 15.0. The molecule has 2 aromatic carbocycles. The van der Waals surface area contributed by atoms with E-state index in [4.69, 9.17) is 9.84 Å². The number of benzene rings is 2. The van der Waals surface area contributed by atoms with Gasteiger partial charge in [0.05, 0.1) is 25.5 Å². The molecule has 3 heterocycles. The Morgan fingerprint density at radius 2 is 1.71 bits per heavy atom. The highest BCUT2D eigenvalue weighted by atomic mass is 32.1. The Hall–Kier alpha value is -3.07. The minimum absolute atomic E-state index is 0.0486. The highest BCUT2D eigenvalue weighted by molar-refractivity contribution is 7.10. The van der Waals surface area contributed by atoms with Gasteiger partial charge in [0, 0.05) is 23.9 Å². The fraction of sp³-hybridized carbons (Fsp3) is 0.433. The summed E-state index contributed by atoms with van der Waals surface area (Å²) in [7, 11) is 0. The van der Waals surface area contributed by atoms with Crippen molar-refractivity contribution >= 4 is 11.3 Å². The monoisotopic (exact) mass is 532 g/mol. The lowest BCUT2D eigenvalue weighted by molar-refractivity contribution is -0.184. The lowest BCUT2D eigenvalue weighted by Crippen LogP contribution is -2.46. The third kappa shape index (κ3) is 5.53. The minimum Gasteiger partial charge on any atom is -0.378 e. The fourth-order valence-electron chi connectivity index (χ4n) is 4.71. The molecular formula is C30H36N4O3S. The Morgan fingerprint density at radius 1 is 1.03 bits per heavy atom. The van der Waals surface area contributed by atoms with Crippen molar-refractivity contribution in [1.82, 2.24) is 19.3 Å². The van der Waals surface area contributed by atoms with E-state index in [0.29, 0.717) is 31.3 Å². The maximum atomic E-state index is 13.0. The summed E-state index contributed by atoms with van der Waals surface area (Å²) in [6.07, 6.45) is 2.56. The van der Waals surface area contributed by atoms with E-state index in [1.165, 1.54) is 22.5 Å². The van der Waals surface area contributed by atoms with Crippen LogP contribution >= 0.6 is 11.3 Å². The second kappa shape index (κ2) is 10.6. The standard InChI is InChI=1S/C30H36N4O3S/c1-5-33-26(32-34(28(33)35)17-22-11-15-24(16-12-22)29(2,3)4)8-6-7-21-9-13-23(14-10-21)25-18-38-27(31-25)30(36)19-37-20-30/h9-16,18,36H,5-8,17,19-20H2,1-4H3. The van der Waals surface area contributed by atoms with E-state index in [1.54, 1.807) is 9.25 Å². The van der Waals surface area contributed by atoms with Gasteiger partial charge < -0.3 is 9.84 Å². The molecule has 5 rings (SSSR count). The first-order valence-corrected chi connectivity index (χ1v) is 14.2. The number of thiazole rings is 1. The molecule has 200 valence electrons.